The van der Waals surface area contributed by atoms with Gasteiger partial charge in [0, 0.05) is 35.3 Å². The van der Waals surface area contributed by atoms with Crippen LogP contribution >= 0.6 is 0 Å². The van der Waals surface area contributed by atoms with E-state index in [-0.39, 0.29) is 27.8 Å². The molecule has 0 aliphatic carbocycles. The summed E-state index contributed by atoms with van der Waals surface area (Å²) in [6, 6.07) is 9.17. The second kappa shape index (κ2) is 9.36. The number of amides is 1. The van der Waals surface area contributed by atoms with E-state index in [0.29, 0.717) is 12.3 Å². The van der Waals surface area contributed by atoms with Gasteiger partial charge in [-0.05, 0) is 24.3 Å². The fraction of sp³-hybridized carbons (Fsp3) is 0.143. The number of nitriles is 1. The Hall–Kier alpha value is -4.18. The second-order valence-electron chi connectivity index (χ2n) is 6.85. The van der Waals surface area contributed by atoms with E-state index in [0.717, 1.165) is 0 Å². The Morgan fingerprint density at radius 3 is 2.50 bits per heavy atom. The van der Waals surface area contributed by atoms with E-state index < -0.39 is 38.8 Å². The van der Waals surface area contributed by atoms with Gasteiger partial charge in [-0.3, -0.25) is 4.79 Å². The summed E-state index contributed by atoms with van der Waals surface area (Å²) in [5, 5.41) is 11.5. The number of nitrogens with zero attached hydrogens (tertiary/aromatic N) is 3. The number of methoxy groups -OCH3 is 1. The Morgan fingerprint density at radius 1 is 1.18 bits per heavy atom. The summed E-state index contributed by atoms with van der Waals surface area (Å²) < 4.78 is 70.1. The predicted octanol–water partition coefficient (Wildman–Crippen LogP) is 4.46. The predicted molar refractivity (Wildman–Crippen MR) is 114 cm³/mol. The Morgan fingerprint density at radius 2 is 1.88 bits per heavy atom. The van der Waals surface area contributed by atoms with Crippen LogP contribution in [0.5, 0.6) is 17.5 Å². The fourth-order valence-electron chi connectivity index (χ4n) is 2.69. The molecule has 1 amide bonds. The minimum atomic E-state index is -4.79. The van der Waals surface area contributed by atoms with E-state index in [9.17, 15) is 22.2 Å². The molecule has 2 aromatic heterocycles. The molecular weight excluding hydrogens is 475 g/mol. The Kier molecular flexibility index (Phi) is 6.73. The normalized spacial score (nSPS) is 12.8. The van der Waals surface area contributed by atoms with Crippen molar-refractivity contribution in [1.29, 1.82) is 10.0 Å². The summed E-state index contributed by atoms with van der Waals surface area (Å²) in [6.07, 6.45) is -1.91. The molecular formula is C21H16F3N5O4S. The lowest BCUT2D eigenvalue weighted by Gasteiger charge is -2.15. The molecule has 0 fully saturated rings. The van der Waals surface area contributed by atoms with Crippen molar-refractivity contribution in [1.82, 2.24) is 9.97 Å². The largest absolute Gasteiger partial charge is 0.478 e. The van der Waals surface area contributed by atoms with Gasteiger partial charge in [-0.25, -0.2) is 19.0 Å². The highest BCUT2D eigenvalue weighted by Crippen LogP contribution is 2.35. The average molecular weight is 491 g/mol. The molecule has 3 rings (SSSR count). The molecule has 1 unspecified atom stereocenters. The van der Waals surface area contributed by atoms with Gasteiger partial charge in [0.05, 0.1) is 28.0 Å². The van der Waals surface area contributed by atoms with Crippen molar-refractivity contribution < 1.29 is 31.6 Å². The minimum absolute atomic E-state index is 0.0732. The molecule has 13 heteroatoms. The van der Waals surface area contributed by atoms with Gasteiger partial charge in [0.1, 0.15) is 11.6 Å². The second-order valence-corrected chi connectivity index (χ2v) is 9.00. The third-order valence-electron chi connectivity index (χ3n) is 4.31. The standard InChI is InChI=1S/C21H16F3N5O4S/c1-32-20-17(6-12(9-25)10-27-20)33-19-16(7-13(11-28-19)21(22,23)24)18(30)29-14-4-3-5-15(8-14)34(2,26)31/h3-8,10-11,26H,1-2H3,(H,29,30). The summed E-state index contributed by atoms with van der Waals surface area (Å²) in [7, 11) is -1.84. The number of hydrogen-bond acceptors (Lipinski definition) is 8. The summed E-state index contributed by atoms with van der Waals surface area (Å²) in [4.78, 5) is 20.6. The maximum atomic E-state index is 13.3. The number of nitrogens with one attached hydrogen (secondary N) is 2. The molecule has 34 heavy (non-hydrogen) atoms. The van der Waals surface area contributed by atoms with Crippen molar-refractivity contribution in [3.8, 4) is 23.6 Å². The van der Waals surface area contributed by atoms with Crippen molar-refractivity contribution in [2.45, 2.75) is 11.1 Å². The smallest absolute Gasteiger partial charge is 0.417 e. The topological polar surface area (TPSA) is 138 Å². The van der Waals surface area contributed by atoms with Crippen molar-refractivity contribution in [3.63, 3.8) is 0 Å². The number of rotatable bonds is 6. The number of anilines is 1. The van der Waals surface area contributed by atoms with E-state index in [2.05, 4.69) is 15.3 Å². The molecule has 0 saturated heterocycles. The monoisotopic (exact) mass is 491 g/mol. The Bertz CT molecular complexity index is 1400. The Labute approximate surface area is 192 Å². The van der Waals surface area contributed by atoms with Crippen LogP contribution in [0.25, 0.3) is 0 Å². The molecule has 0 aliphatic rings. The van der Waals surface area contributed by atoms with Crippen LogP contribution in [0.3, 0.4) is 0 Å². The van der Waals surface area contributed by atoms with Crippen LogP contribution in [-0.4, -0.2) is 33.4 Å². The molecule has 0 spiro atoms. The molecule has 0 aliphatic heterocycles. The van der Waals surface area contributed by atoms with Crippen molar-refractivity contribution in [2.75, 3.05) is 18.7 Å². The molecule has 3 aromatic rings. The maximum Gasteiger partial charge on any atom is 0.417 e. The first-order valence-electron chi connectivity index (χ1n) is 9.27. The molecule has 1 atom stereocenters. The highest BCUT2D eigenvalue weighted by molar-refractivity contribution is 7.91. The van der Waals surface area contributed by atoms with Crippen molar-refractivity contribution in [3.05, 3.63) is 65.5 Å². The molecule has 9 nitrogen and oxygen atoms in total. The average Bonchev–Trinajstić information content (AvgIpc) is 2.78. The minimum Gasteiger partial charge on any atom is -0.478 e. The van der Waals surface area contributed by atoms with Crippen molar-refractivity contribution in [2.24, 2.45) is 0 Å². The van der Waals surface area contributed by atoms with E-state index >= 15 is 0 Å². The van der Waals surface area contributed by atoms with Gasteiger partial charge in [0.15, 0.2) is 5.75 Å². The zero-order valence-electron chi connectivity index (χ0n) is 17.6. The van der Waals surface area contributed by atoms with Gasteiger partial charge in [-0.15, -0.1) is 0 Å². The molecule has 1 aromatic carbocycles. The molecule has 0 bridgehead atoms. The van der Waals surface area contributed by atoms with Crippen LogP contribution in [0.4, 0.5) is 18.9 Å². The van der Waals surface area contributed by atoms with E-state index in [4.69, 9.17) is 19.5 Å². The lowest BCUT2D eigenvalue weighted by molar-refractivity contribution is -0.137. The number of aromatic nitrogens is 2. The number of alkyl halides is 3. The molecule has 0 saturated carbocycles. The summed E-state index contributed by atoms with van der Waals surface area (Å²) >= 11 is 0. The van der Waals surface area contributed by atoms with Crippen LogP contribution in [0.15, 0.2) is 53.7 Å². The van der Waals surface area contributed by atoms with Crippen LogP contribution in [-0.2, 0) is 15.9 Å². The number of carbonyl (C=O) groups excluding carboxylic acids is 1. The number of benzene rings is 1. The third kappa shape index (κ3) is 5.59. The first-order valence-corrected chi connectivity index (χ1v) is 11.2. The number of halogens is 3. The zero-order valence-corrected chi connectivity index (χ0v) is 18.5. The highest BCUT2D eigenvalue weighted by atomic mass is 32.2. The van der Waals surface area contributed by atoms with Crippen LogP contribution < -0.4 is 14.8 Å². The lowest BCUT2D eigenvalue weighted by Crippen LogP contribution is -2.16. The number of hydrogen-bond donors (Lipinski definition) is 2. The first kappa shape index (κ1) is 24.5. The summed E-state index contributed by atoms with van der Waals surface area (Å²) in [6.45, 7) is 0. The van der Waals surface area contributed by atoms with Gasteiger partial charge >= 0.3 is 6.18 Å². The number of ether oxygens (including phenoxy) is 2. The molecule has 2 N–H and O–H groups in total. The van der Waals surface area contributed by atoms with Crippen LogP contribution in [0, 0.1) is 16.1 Å². The van der Waals surface area contributed by atoms with Gasteiger partial charge in [0.25, 0.3) is 11.8 Å². The Balaban J connectivity index is 2.05. The van der Waals surface area contributed by atoms with Gasteiger partial charge in [-0.2, -0.15) is 18.4 Å². The lowest BCUT2D eigenvalue weighted by atomic mass is 10.1. The van der Waals surface area contributed by atoms with E-state index in [1.807, 2.05) is 6.07 Å². The van der Waals surface area contributed by atoms with Gasteiger partial charge in [0.2, 0.25) is 5.88 Å². The quantitative estimate of drug-likeness (QED) is 0.519. The number of pyridine rings is 2. The summed E-state index contributed by atoms with van der Waals surface area (Å²) in [5.74, 6) is -1.75. The first-order chi connectivity index (χ1) is 15.9. The highest BCUT2D eigenvalue weighted by Gasteiger charge is 2.33. The number of carbonyl (C=O) groups is 1. The molecule has 176 valence electrons. The summed E-state index contributed by atoms with van der Waals surface area (Å²) in [5.41, 5.74) is -1.60. The van der Waals surface area contributed by atoms with Gasteiger partial charge in [-0.1, -0.05) is 6.07 Å². The SMILES string of the molecule is COc1ncc(C#N)cc1Oc1ncc(C(F)(F)F)cc1C(=O)Nc1cccc(S(C)(=N)=O)c1. The van der Waals surface area contributed by atoms with E-state index in [1.165, 1.54) is 49.9 Å². The maximum absolute atomic E-state index is 13.3. The van der Waals surface area contributed by atoms with Crippen LogP contribution in [0.1, 0.15) is 21.5 Å². The molecule has 0 radical (unpaired) electrons. The molecule has 2 heterocycles. The van der Waals surface area contributed by atoms with Gasteiger partial charge < -0.3 is 14.8 Å². The van der Waals surface area contributed by atoms with Crippen LogP contribution in [0.2, 0.25) is 0 Å². The fourth-order valence-corrected chi connectivity index (χ4v) is 3.38. The van der Waals surface area contributed by atoms with E-state index in [1.54, 1.807) is 0 Å². The third-order valence-corrected chi connectivity index (χ3v) is 5.47. The zero-order chi connectivity index (χ0) is 25.1. The van der Waals surface area contributed by atoms with Crippen molar-refractivity contribution >= 4 is 21.3 Å².